The first-order valence-corrected chi connectivity index (χ1v) is 6.38. The number of amides is 1. The maximum atomic E-state index is 12.3. The fourth-order valence-corrected chi connectivity index (χ4v) is 2.29. The lowest BCUT2D eigenvalue weighted by Crippen LogP contribution is -2.39. The van der Waals surface area contributed by atoms with E-state index in [4.69, 9.17) is 5.73 Å². The Hall–Kier alpha value is -1.35. The number of hydrogen-bond acceptors (Lipinski definition) is 2. The smallest absolute Gasteiger partial charge is 0.244 e. The molecule has 0 radical (unpaired) electrons. The van der Waals surface area contributed by atoms with E-state index in [0.29, 0.717) is 0 Å². The second kappa shape index (κ2) is 5.82. The van der Waals surface area contributed by atoms with Crippen LogP contribution in [0.5, 0.6) is 0 Å². The normalized spacial score (nSPS) is 18.5. The van der Waals surface area contributed by atoms with Crippen LogP contribution in [-0.4, -0.2) is 23.9 Å². The summed E-state index contributed by atoms with van der Waals surface area (Å²) in [6, 6.07) is 9.11. The number of rotatable bonds is 2. The number of nitrogens with zero attached hydrogens (tertiary/aromatic N) is 1. The van der Waals surface area contributed by atoms with Gasteiger partial charge in [-0.25, -0.2) is 0 Å². The molecule has 0 aliphatic carbocycles. The molecule has 1 aliphatic rings. The molecule has 0 saturated carbocycles. The average Bonchev–Trinajstić information content (AvgIpc) is 2.67. The maximum Gasteiger partial charge on any atom is 0.244 e. The van der Waals surface area contributed by atoms with E-state index in [1.54, 1.807) is 0 Å². The molecule has 0 unspecified atom stereocenters. The highest BCUT2D eigenvalue weighted by molar-refractivity contribution is 5.83. The van der Waals surface area contributed by atoms with Crippen LogP contribution in [0.15, 0.2) is 30.3 Å². The van der Waals surface area contributed by atoms with E-state index in [2.05, 4.69) is 0 Å². The van der Waals surface area contributed by atoms with Crippen molar-refractivity contribution >= 4 is 5.91 Å². The zero-order chi connectivity index (χ0) is 12.1. The van der Waals surface area contributed by atoms with Crippen molar-refractivity contribution in [2.24, 2.45) is 5.73 Å². The van der Waals surface area contributed by atoms with E-state index in [1.807, 2.05) is 35.2 Å². The molecule has 2 N–H and O–H groups in total. The minimum Gasteiger partial charge on any atom is -0.341 e. The van der Waals surface area contributed by atoms with Gasteiger partial charge in [-0.2, -0.15) is 0 Å². The molecule has 2 rings (SSSR count). The van der Waals surface area contributed by atoms with Crippen molar-refractivity contribution in [3.8, 4) is 0 Å². The van der Waals surface area contributed by atoms with Gasteiger partial charge in [0.1, 0.15) is 6.04 Å². The summed E-state index contributed by atoms with van der Waals surface area (Å²) in [5.74, 6) is 0.0677. The quantitative estimate of drug-likeness (QED) is 0.848. The third kappa shape index (κ3) is 3.07. The molecule has 1 heterocycles. The molecular formula is C14H20N2O. The van der Waals surface area contributed by atoms with Crippen molar-refractivity contribution in [2.75, 3.05) is 13.1 Å². The van der Waals surface area contributed by atoms with Gasteiger partial charge >= 0.3 is 0 Å². The van der Waals surface area contributed by atoms with Crippen molar-refractivity contribution in [2.45, 2.75) is 31.7 Å². The number of benzene rings is 1. The van der Waals surface area contributed by atoms with Crippen LogP contribution < -0.4 is 5.73 Å². The van der Waals surface area contributed by atoms with Crippen LogP contribution in [0.1, 0.15) is 37.3 Å². The average molecular weight is 232 g/mol. The van der Waals surface area contributed by atoms with Crippen molar-refractivity contribution in [3.63, 3.8) is 0 Å². The van der Waals surface area contributed by atoms with E-state index in [-0.39, 0.29) is 5.91 Å². The highest BCUT2D eigenvalue weighted by atomic mass is 16.2. The molecular weight excluding hydrogens is 212 g/mol. The Balaban J connectivity index is 2.03. The van der Waals surface area contributed by atoms with Crippen LogP contribution in [-0.2, 0) is 4.79 Å². The zero-order valence-electron chi connectivity index (χ0n) is 10.1. The van der Waals surface area contributed by atoms with Gasteiger partial charge in [0.25, 0.3) is 0 Å². The molecule has 0 spiro atoms. The third-order valence-electron chi connectivity index (χ3n) is 3.34. The fraction of sp³-hybridized carbons (Fsp3) is 0.500. The molecule has 3 heteroatoms. The van der Waals surface area contributed by atoms with Crippen LogP contribution in [0.3, 0.4) is 0 Å². The van der Waals surface area contributed by atoms with Gasteiger partial charge in [0, 0.05) is 13.1 Å². The van der Waals surface area contributed by atoms with Crippen molar-refractivity contribution in [1.82, 2.24) is 4.90 Å². The molecule has 1 fully saturated rings. The first kappa shape index (κ1) is 12.1. The molecule has 92 valence electrons. The predicted molar refractivity (Wildman–Crippen MR) is 68.4 cm³/mol. The zero-order valence-corrected chi connectivity index (χ0v) is 10.1. The Morgan fingerprint density at radius 2 is 1.65 bits per heavy atom. The van der Waals surface area contributed by atoms with Crippen molar-refractivity contribution < 1.29 is 4.79 Å². The molecule has 1 saturated heterocycles. The lowest BCUT2D eigenvalue weighted by molar-refractivity contribution is -0.132. The molecule has 1 aliphatic heterocycles. The summed E-state index contributed by atoms with van der Waals surface area (Å²) in [6.45, 7) is 1.72. The van der Waals surface area contributed by atoms with Gasteiger partial charge in [-0.15, -0.1) is 0 Å². The Morgan fingerprint density at radius 1 is 1.06 bits per heavy atom. The maximum absolute atomic E-state index is 12.3. The Morgan fingerprint density at radius 3 is 2.24 bits per heavy atom. The summed E-state index contributed by atoms with van der Waals surface area (Å²) in [5.41, 5.74) is 6.93. The SMILES string of the molecule is N[C@@H](C(=O)N1CCCCCC1)c1ccccc1. The fourth-order valence-electron chi connectivity index (χ4n) is 2.29. The van der Waals surface area contributed by atoms with E-state index >= 15 is 0 Å². The molecule has 1 atom stereocenters. The van der Waals surface area contributed by atoms with E-state index in [1.165, 1.54) is 12.8 Å². The molecule has 17 heavy (non-hydrogen) atoms. The van der Waals surface area contributed by atoms with E-state index < -0.39 is 6.04 Å². The predicted octanol–water partition coefficient (Wildman–Crippen LogP) is 2.09. The monoisotopic (exact) mass is 232 g/mol. The van der Waals surface area contributed by atoms with E-state index in [9.17, 15) is 4.79 Å². The van der Waals surface area contributed by atoms with Crippen LogP contribution in [0.2, 0.25) is 0 Å². The summed E-state index contributed by atoms with van der Waals surface area (Å²) in [4.78, 5) is 14.2. The summed E-state index contributed by atoms with van der Waals surface area (Å²) in [5, 5.41) is 0. The van der Waals surface area contributed by atoms with Gasteiger partial charge in [0.15, 0.2) is 0 Å². The van der Waals surface area contributed by atoms with Crippen LogP contribution in [0.4, 0.5) is 0 Å². The first-order chi connectivity index (χ1) is 8.29. The summed E-state index contributed by atoms with van der Waals surface area (Å²) in [6.07, 6.45) is 4.66. The molecule has 0 bridgehead atoms. The van der Waals surface area contributed by atoms with Gasteiger partial charge in [-0.05, 0) is 18.4 Å². The number of carbonyl (C=O) groups excluding carboxylic acids is 1. The van der Waals surface area contributed by atoms with Gasteiger partial charge < -0.3 is 10.6 Å². The van der Waals surface area contributed by atoms with Gasteiger partial charge in [0.05, 0.1) is 0 Å². The minimum atomic E-state index is -0.505. The molecule has 0 aromatic heterocycles. The molecule has 1 aromatic carbocycles. The van der Waals surface area contributed by atoms with Gasteiger partial charge in [-0.1, -0.05) is 43.2 Å². The number of carbonyl (C=O) groups is 1. The Bertz CT molecular complexity index is 356. The van der Waals surface area contributed by atoms with Crippen LogP contribution in [0, 0.1) is 0 Å². The summed E-state index contributed by atoms with van der Waals surface area (Å²) < 4.78 is 0. The summed E-state index contributed by atoms with van der Waals surface area (Å²) >= 11 is 0. The van der Waals surface area contributed by atoms with Gasteiger partial charge in [-0.3, -0.25) is 4.79 Å². The standard InChI is InChI=1S/C14H20N2O/c15-13(12-8-4-3-5-9-12)14(17)16-10-6-1-2-7-11-16/h3-5,8-9,13H,1-2,6-7,10-11,15H2/t13-/m1/s1. The summed E-state index contributed by atoms with van der Waals surface area (Å²) in [7, 11) is 0. The largest absolute Gasteiger partial charge is 0.341 e. The number of likely N-dealkylation sites (tertiary alicyclic amines) is 1. The Kier molecular flexibility index (Phi) is 4.15. The lowest BCUT2D eigenvalue weighted by atomic mass is 10.1. The number of hydrogen-bond donors (Lipinski definition) is 1. The highest BCUT2D eigenvalue weighted by Crippen LogP contribution is 2.16. The van der Waals surface area contributed by atoms with Crippen LogP contribution in [0.25, 0.3) is 0 Å². The van der Waals surface area contributed by atoms with E-state index in [0.717, 1.165) is 31.5 Å². The highest BCUT2D eigenvalue weighted by Gasteiger charge is 2.22. The lowest BCUT2D eigenvalue weighted by Gasteiger charge is -2.24. The van der Waals surface area contributed by atoms with Crippen LogP contribution >= 0.6 is 0 Å². The molecule has 1 aromatic rings. The minimum absolute atomic E-state index is 0.0677. The van der Waals surface area contributed by atoms with Gasteiger partial charge in [0.2, 0.25) is 5.91 Å². The Labute approximate surface area is 103 Å². The third-order valence-corrected chi connectivity index (χ3v) is 3.34. The molecule has 3 nitrogen and oxygen atoms in total. The van der Waals surface area contributed by atoms with Crippen molar-refractivity contribution in [3.05, 3.63) is 35.9 Å². The second-order valence-corrected chi connectivity index (χ2v) is 4.63. The second-order valence-electron chi connectivity index (χ2n) is 4.63. The first-order valence-electron chi connectivity index (χ1n) is 6.38. The topological polar surface area (TPSA) is 46.3 Å². The number of nitrogens with two attached hydrogens (primary N) is 1. The molecule has 1 amide bonds. The van der Waals surface area contributed by atoms with Crippen molar-refractivity contribution in [1.29, 1.82) is 0 Å².